The third kappa shape index (κ3) is 3.05. The van der Waals surface area contributed by atoms with E-state index in [0.717, 1.165) is 17.2 Å². The van der Waals surface area contributed by atoms with Crippen molar-refractivity contribution < 1.29 is 0 Å². The summed E-state index contributed by atoms with van der Waals surface area (Å²) in [6, 6.07) is 9.84. The maximum absolute atomic E-state index is 6.09. The minimum Gasteiger partial charge on any atom is -0.202 e. The van der Waals surface area contributed by atoms with Gasteiger partial charge in [0.1, 0.15) is 0 Å². The lowest BCUT2D eigenvalue weighted by Gasteiger charge is -1.97. The number of allylic oxidation sites excluding steroid dienone is 1. The molecule has 5 heteroatoms. The molecular formula is C13H13ClN4. The van der Waals surface area contributed by atoms with E-state index in [2.05, 4.69) is 15.3 Å². The number of hydrogen-bond donors (Lipinski definition) is 0. The molecule has 0 aliphatic heterocycles. The first-order valence-corrected chi connectivity index (χ1v) is 5.90. The molecule has 0 aliphatic carbocycles. The lowest BCUT2D eigenvalue weighted by atomic mass is 10.2. The van der Waals surface area contributed by atoms with E-state index in [-0.39, 0.29) is 0 Å². The fourth-order valence-corrected chi connectivity index (χ4v) is 1.66. The predicted octanol–water partition coefficient (Wildman–Crippen LogP) is 3.01. The Morgan fingerprint density at radius 2 is 1.78 bits per heavy atom. The topological polar surface area (TPSA) is 43.1 Å². The van der Waals surface area contributed by atoms with Gasteiger partial charge in [-0.1, -0.05) is 41.9 Å². The lowest BCUT2D eigenvalue weighted by Crippen LogP contribution is -1.95. The Labute approximate surface area is 111 Å². The molecule has 1 aromatic carbocycles. The van der Waals surface area contributed by atoms with Crippen LogP contribution >= 0.6 is 11.6 Å². The fourth-order valence-electron chi connectivity index (χ4n) is 1.49. The number of hydrogen-bond acceptors (Lipinski definition) is 3. The molecule has 92 valence electrons. The van der Waals surface area contributed by atoms with Crippen LogP contribution < -0.4 is 0 Å². The molecule has 0 N–H and O–H groups in total. The Morgan fingerprint density at radius 1 is 1.17 bits per heavy atom. The van der Waals surface area contributed by atoms with Gasteiger partial charge >= 0.3 is 0 Å². The molecule has 1 aromatic heterocycles. The summed E-state index contributed by atoms with van der Waals surface area (Å²) >= 11 is 6.09. The fraction of sp³-hybridized carbons (Fsp3) is 0.154. The van der Waals surface area contributed by atoms with Gasteiger partial charge in [-0.3, -0.25) is 0 Å². The van der Waals surface area contributed by atoms with Crippen LogP contribution in [0.25, 0.3) is 6.08 Å². The summed E-state index contributed by atoms with van der Waals surface area (Å²) in [5.41, 5.74) is 1.03. The van der Waals surface area contributed by atoms with E-state index in [9.17, 15) is 0 Å². The van der Waals surface area contributed by atoms with Crippen molar-refractivity contribution >= 4 is 23.9 Å². The van der Waals surface area contributed by atoms with Crippen molar-refractivity contribution in [1.29, 1.82) is 0 Å². The van der Waals surface area contributed by atoms with Gasteiger partial charge in [0.2, 0.25) is 0 Å². The van der Waals surface area contributed by atoms with E-state index < -0.39 is 0 Å². The van der Waals surface area contributed by atoms with Crippen molar-refractivity contribution in [2.24, 2.45) is 5.10 Å². The van der Waals surface area contributed by atoms with Crippen molar-refractivity contribution in [3.63, 3.8) is 0 Å². The van der Waals surface area contributed by atoms with E-state index in [1.54, 1.807) is 10.9 Å². The maximum atomic E-state index is 6.09. The molecule has 0 radical (unpaired) electrons. The highest BCUT2D eigenvalue weighted by Gasteiger charge is 2.01. The summed E-state index contributed by atoms with van der Waals surface area (Å²) in [4.78, 5) is 0. The lowest BCUT2D eigenvalue weighted by molar-refractivity contribution is 0.799. The molecule has 2 aromatic rings. The number of aromatic nitrogens is 3. The third-order valence-corrected chi connectivity index (χ3v) is 2.56. The summed E-state index contributed by atoms with van der Waals surface area (Å²) in [7, 11) is 0. The van der Waals surface area contributed by atoms with Crippen molar-refractivity contribution in [3.8, 4) is 0 Å². The molecular weight excluding hydrogens is 248 g/mol. The van der Waals surface area contributed by atoms with Gasteiger partial charge in [0.25, 0.3) is 0 Å². The van der Waals surface area contributed by atoms with E-state index in [4.69, 9.17) is 11.6 Å². The first-order valence-electron chi connectivity index (χ1n) is 5.52. The van der Waals surface area contributed by atoms with Crippen molar-refractivity contribution in [2.75, 3.05) is 0 Å². The van der Waals surface area contributed by atoms with Gasteiger partial charge in [0.15, 0.2) is 11.6 Å². The zero-order valence-corrected chi connectivity index (χ0v) is 11.0. The van der Waals surface area contributed by atoms with Crippen molar-refractivity contribution in [2.45, 2.75) is 13.8 Å². The van der Waals surface area contributed by atoms with Gasteiger partial charge in [-0.15, -0.1) is 10.2 Å². The monoisotopic (exact) mass is 260 g/mol. The number of aryl methyl sites for hydroxylation is 2. The van der Waals surface area contributed by atoms with Crippen LogP contribution in [0.1, 0.15) is 17.2 Å². The molecule has 2 rings (SSSR count). The van der Waals surface area contributed by atoms with Gasteiger partial charge in [-0.2, -0.15) is 5.10 Å². The Kier molecular flexibility index (Phi) is 3.89. The zero-order chi connectivity index (χ0) is 13.0. The van der Waals surface area contributed by atoms with E-state index in [1.807, 2.05) is 50.3 Å². The largest absolute Gasteiger partial charge is 0.202 e. The highest BCUT2D eigenvalue weighted by atomic mass is 35.5. The SMILES string of the molecule is Cc1nnc(C)n1/N=C\C(Cl)=C\c1ccccc1. The molecule has 1 heterocycles. The van der Waals surface area contributed by atoms with Gasteiger partial charge in [0, 0.05) is 0 Å². The van der Waals surface area contributed by atoms with Gasteiger partial charge in [0.05, 0.1) is 11.2 Å². The van der Waals surface area contributed by atoms with Crippen LogP contribution in [0.15, 0.2) is 40.5 Å². The Hall–Kier alpha value is -1.94. The highest BCUT2D eigenvalue weighted by molar-refractivity contribution is 6.41. The maximum Gasteiger partial charge on any atom is 0.151 e. The zero-order valence-electron chi connectivity index (χ0n) is 10.2. The number of rotatable bonds is 3. The Bertz CT molecular complexity index is 565. The summed E-state index contributed by atoms with van der Waals surface area (Å²) < 4.78 is 1.64. The number of nitrogens with zero attached hydrogens (tertiary/aromatic N) is 4. The minimum atomic E-state index is 0.550. The third-order valence-electron chi connectivity index (χ3n) is 2.35. The molecule has 0 saturated carbocycles. The van der Waals surface area contributed by atoms with E-state index in [1.165, 1.54) is 0 Å². The van der Waals surface area contributed by atoms with E-state index in [0.29, 0.717) is 5.03 Å². The molecule has 0 saturated heterocycles. The van der Waals surface area contributed by atoms with Crippen LogP contribution in [-0.4, -0.2) is 21.1 Å². The van der Waals surface area contributed by atoms with Crippen LogP contribution in [-0.2, 0) is 0 Å². The average molecular weight is 261 g/mol. The first-order chi connectivity index (χ1) is 8.66. The second-order valence-electron chi connectivity index (χ2n) is 3.79. The summed E-state index contributed by atoms with van der Waals surface area (Å²) in [5.74, 6) is 1.46. The Balaban J connectivity index is 2.17. The number of halogens is 1. The molecule has 0 unspecified atom stereocenters. The molecule has 0 amide bonds. The Morgan fingerprint density at radius 3 is 2.39 bits per heavy atom. The van der Waals surface area contributed by atoms with Crippen molar-refractivity contribution in [3.05, 3.63) is 52.6 Å². The average Bonchev–Trinajstić information content (AvgIpc) is 2.68. The van der Waals surface area contributed by atoms with Crippen molar-refractivity contribution in [1.82, 2.24) is 14.9 Å². The minimum absolute atomic E-state index is 0.550. The molecule has 0 fully saturated rings. The normalized spacial score (nSPS) is 12.3. The van der Waals surface area contributed by atoms with Gasteiger partial charge in [-0.05, 0) is 25.5 Å². The summed E-state index contributed by atoms with van der Waals surface area (Å²) in [6.07, 6.45) is 3.43. The molecule has 18 heavy (non-hydrogen) atoms. The van der Waals surface area contributed by atoms with Crippen LogP contribution in [0.5, 0.6) is 0 Å². The van der Waals surface area contributed by atoms with Crippen LogP contribution in [0, 0.1) is 13.8 Å². The predicted molar refractivity (Wildman–Crippen MR) is 73.7 cm³/mol. The van der Waals surface area contributed by atoms with Crippen LogP contribution in [0.4, 0.5) is 0 Å². The molecule has 0 spiro atoms. The smallest absolute Gasteiger partial charge is 0.151 e. The summed E-state index contributed by atoms with van der Waals surface area (Å²) in [6.45, 7) is 3.68. The van der Waals surface area contributed by atoms with Gasteiger partial charge < -0.3 is 0 Å². The second-order valence-corrected chi connectivity index (χ2v) is 4.23. The quantitative estimate of drug-likeness (QED) is 0.796. The molecule has 0 bridgehead atoms. The highest BCUT2D eigenvalue weighted by Crippen LogP contribution is 2.08. The first kappa shape index (κ1) is 12.5. The molecule has 0 aliphatic rings. The molecule has 4 nitrogen and oxygen atoms in total. The van der Waals surface area contributed by atoms with Crippen LogP contribution in [0.2, 0.25) is 0 Å². The molecule has 0 atom stereocenters. The second kappa shape index (κ2) is 5.60. The number of benzene rings is 1. The van der Waals surface area contributed by atoms with Crippen LogP contribution in [0.3, 0.4) is 0 Å². The van der Waals surface area contributed by atoms with E-state index >= 15 is 0 Å². The van der Waals surface area contributed by atoms with Gasteiger partial charge in [-0.25, -0.2) is 4.68 Å². The standard InChI is InChI=1S/C13H13ClN4/c1-10-16-17-11(2)18(10)15-9-13(14)8-12-6-4-3-5-7-12/h3-9H,1-2H3/b13-8-,15-9-. The summed E-state index contributed by atoms with van der Waals surface area (Å²) in [5, 5.41) is 12.6.